The zero-order chi connectivity index (χ0) is 24.3. The molecule has 1 N–H and O–H groups in total. The summed E-state index contributed by atoms with van der Waals surface area (Å²) in [4.78, 5) is 26.2. The number of fused-ring (bicyclic) bond motifs is 1. The number of rotatable bonds is 7. The van der Waals surface area contributed by atoms with Gasteiger partial charge in [-0.25, -0.2) is 8.42 Å². The van der Waals surface area contributed by atoms with Gasteiger partial charge in [0.15, 0.2) is 12.7 Å². The molecule has 1 atom stereocenters. The molecule has 11 heteroatoms. The van der Waals surface area contributed by atoms with Crippen LogP contribution in [0.2, 0.25) is 0 Å². The molecule has 182 valence electrons. The summed E-state index contributed by atoms with van der Waals surface area (Å²) < 4.78 is 43.9. The number of nitrogens with zero attached hydrogens (tertiary/aromatic N) is 2. The summed E-state index contributed by atoms with van der Waals surface area (Å²) >= 11 is 0. The molecule has 0 aliphatic carbocycles. The Hall–Kier alpha value is -3.31. The summed E-state index contributed by atoms with van der Waals surface area (Å²) in [5.74, 6) is 1.16. The van der Waals surface area contributed by atoms with E-state index in [1.165, 1.54) is 16.4 Å². The second-order valence-electron chi connectivity index (χ2n) is 7.91. The van der Waals surface area contributed by atoms with Gasteiger partial charge < -0.3 is 24.4 Å². The maximum absolute atomic E-state index is 13.1. The van der Waals surface area contributed by atoms with Crippen LogP contribution in [0.25, 0.3) is 0 Å². The van der Waals surface area contributed by atoms with Crippen LogP contribution in [0.15, 0.2) is 47.4 Å². The standard InChI is InChI=1S/C23H27N3O7S/c1-3-20-23(28)24-19-14-18(8-9-21(19)33-20)34(29,30)26-12-10-25(11-13-26)22(27)15-32-17-6-4-16(31-2)5-7-17/h4-9,14,20H,3,10-13,15H2,1-2H3,(H,24,28)/t20-/m1/s1. The first kappa shape index (κ1) is 23.8. The van der Waals surface area contributed by atoms with E-state index in [9.17, 15) is 18.0 Å². The number of carbonyl (C=O) groups is 2. The number of nitrogens with one attached hydrogen (secondary N) is 1. The van der Waals surface area contributed by atoms with Gasteiger partial charge in [-0.15, -0.1) is 0 Å². The van der Waals surface area contributed by atoms with Gasteiger partial charge in [-0.3, -0.25) is 9.59 Å². The third kappa shape index (κ3) is 4.95. The van der Waals surface area contributed by atoms with Crippen molar-refractivity contribution in [1.29, 1.82) is 0 Å². The largest absolute Gasteiger partial charge is 0.497 e. The quantitative estimate of drug-likeness (QED) is 0.630. The van der Waals surface area contributed by atoms with Crippen molar-refractivity contribution in [2.75, 3.05) is 45.2 Å². The number of sulfonamides is 1. The van der Waals surface area contributed by atoms with E-state index >= 15 is 0 Å². The fourth-order valence-corrected chi connectivity index (χ4v) is 5.24. The van der Waals surface area contributed by atoms with E-state index in [-0.39, 0.29) is 49.5 Å². The summed E-state index contributed by atoms with van der Waals surface area (Å²) in [6.45, 7) is 2.54. The molecular weight excluding hydrogens is 462 g/mol. The molecule has 2 aromatic rings. The van der Waals surface area contributed by atoms with Crippen LogP contribution in [-0.2, 0) is 19.6 Å². The number of hydrogen-bond donors (Lipinski definition) is 1. The van der Waals surface area contributed by atoms with Gasteiger partial charge in [-0.2, -0.15) is 4.31 Å². The monoisotopic (exact) mass is 489 g/mol. The highest BCUT2D eigenvalue weighted by Gasteiger charge is 2.32. The van der Waals surface area contributed by atoms with Gasteiger partial charge in [0, 0.05) is 26.2 Å². The number of piperazine rings is 1. The zero-order valence-electron chi connectivity index (χ0n) is 19.0. The Morgan fingerprint density at radius 2 is 1.76 bits per heavy atom. The molecule has 2 aromatic carbocycles. The van der Waals surface area contributed by atoms with E-state index in [0.717, 1.165) is 0 Å². The molecule has 0 spiro atoms. The third-order valence-corrected chi connectivity index (χ3v) is 7.69. The number of hydrogen-bond acceptors (Lipinski definition) is 7. The minimum Gasteiger partial charge on any atom is -0.497 e. The van der Waals surface area contributed by atoms with Crippen molar-refractivity contribution >= 4 is 27.5 Å². The van der Waals surface area contributed by atoms with Gasteiger partial charge in [0.2, 0.25) is 10.0 Å². The van der Waals surface area contributed by atoms with Crippen molar-refractivity contribution in [2.24, 2.45) is 0 Å². The Kier molecular flexibility index (Phi) is 6.94. The SMILES string of the molecule is CC[C@H]1Oc2ccc(S(=O)(=O)N3CCN(C(=O)COc4ccc(OC)cc4)CC3)cc2NC1=O. The number of carbonyl (C=O) groups excluding carboxylic acids is 2. The molecule has 0 aromatic heterocycles. The molecule has 0 saturated carbocycles. The summed E-state index contributed by atoms with van der Waals surface area (Å²) in [5.41, 5.74) is 0.334. The molecule has 2 amide bonds. The van der Waals surface area contributed by atoms with E-state index in [1.54, 1.807) is 42.3 Å². The molecule has 2 aliphatic heterocycles. The Bertz CT molecular complexity index is 1160. The minimum absolute atomic E-state index is 0.0627. The number of amides is 2. The topological polar surface area (TPSA) is 114 Å². The first-order valence-corrected chi connectivity index (χ1v) is 12.4. The number of anilines is 1. The van der Waals surface area contributed by atoms with Crippen LogP contribution in [0, 0.1) is 0 Å². The van der Waals surface area contributed by atoms with Gasteiger partial charge in [-0.05, 0) is 48.9 Å². The molecule has 2 heterocycles. The van der Waals surface area contributed by atoms with E-state index in [4.69, 9.17) is 14.2 Å². The summed E-state index contributed by atoms with van der Waals surface area (Å²) in [6, 6.07) is 11.3. The van der Waals surface area contributed by atoms with Crippen LogP contribution in [0.4, 0.5) is 5.69 Å². The molecule has 0 radical (unpaired) electrons. The lowest BCUT2D eigenvalue weighted by atomic mass is 10.2. The summed E-state index contributed by atoms with van der Waals surface area (Å²) in [7, 11) is -2.23. The highest BCUT2D eigenvalue weighted by Crippen LogP contribution is 2.33. The maximum Gasteiger partial charge on any atom is 0.265 e. The minimum atomic E-state index is -3.80. The average Bonchev–Trinajstić information content (AvgIpc) is 2.86. The smallest absolute Gasteiger partial charge is 0.265 e. The molecule has 0 unspecified atom stereocenters. The van der Waals surface area contributed by atoms with E-state index in [1.807, 2.05) is 6.92 Å². The number of methoxy groups -OCH3 is 1. The van der Waals surface area contributed by atoms with Crippen LogP contribution in [0.3, 0.4) is 0 Å². The lowest BCUT2D eigenvalue weighted by molar-refractivity contribution is -0.134. The van der Waals surface area contributed by atoms with Crippen molar-refractivity contribution in [3.8, 4) is 17.2 Å². The Morgan fingerprint density at radius 3 is 2.41 bits per heavy atom. The lowest BCUT2D eigenvalue weighted by Gasteiger charge is -2.34. The van der Waals surface area contributed by atoms with Crippen molar-refractivity contribution in [2.45, 2.75) is 24.3 Å². The molecule has 34 heavy (non-hydrogen) atoms. The Balaban J connectivity index is 1.34. The van der Waals surface area contributed by atoms with Crippen LogP contribution >= 0.6 is 0 Å². The number of benzene rings is 2. The Labute approximate surface area is 198 Å². The van der Waals surface area contributed by atoms with Crippen molar-refractivity contribution in [1.82, 2.24) is 9.21 Å². The predicted molar refractivity (Wildman–Crippen MR) is 124 cm³/mol. The molecule has 4 rings (SSSR count). The highest BCUT2D eigenvalue weighted by molar-refractivity contribution is 7.89. The average molecular weight is 490 g/mol. The second-order valence-corrected chi connectivity index (χ2v) is 9.85. The van der Waals surface area contributed by atoms with Gasteiger partial charge in [-0.1, -0.05) is 6.92 Å². The van der Waals surface area contributed by atoms with Crippen LogP contribution in [-0.4, -0.2) is 75.4 Å². The van der Waals surface area contributed by atoms with Crippen LogP contribution in [0.5, 0.6) is 17.2 Å². The molecule has 0 bridgehead atoms. The first-order valence-electron chi connectivity index (χ1n) is 11.0. The second kappa shape index (κ2) is 9.90. The summed E-state index contributed by atoms with van der Waals surface area (Å²) in [6.07, 6.45) is -0.0753. The van der Waals surface area contributed by atoms with Gasteiger partial charge >= 0.3 is 0 Å². The van der Waals surface area contributed by atoms with Gasteiger partial charge in [0.1, 0.15) is 17.2 Å². The molecule has 2 aliphatic rings. The Morgan fingerprint density at radius 1 is 1.09 bits per heavy atom. The molecule has 10 nitrogen and oxygen atoms in total. The lowest BCUT2D eigenvalue weighted by Crippen LogP contribution is -2.51. The van der Waals surface area contributed by atoms with Crippen molar-refractivity contribution in [3.63, 3.8) is 0 Å². The zero-order valence-corrected chi connectivity index (χ0v) is 19.8. The van der Waals surface area contributed by atoms with E-state index in [0.29, 0.717) is 29.4 Å². The van der Waals surface area contributed by atoms with Gasteiger partial charge in [0.05, 0.1) is 17.7 Å². The molecule has 1 fully saturated rings. The fourth-order valence-electron chi connectivity index (χ4n) is 3.79. The maximum atomic E-state index is 13.1. The van der Waals surface area contributed by atoms with Crippen LogP contribution in [0.1, 0.15) is 13.3 Å². The van der Waals surface area contributed by atoms with Crippen molar-refractivity contribution < 1.29 is 32.2 Å². The molecule has 1 saturated heterocycles. The van der Waals surface area contributed by atoms with Crippen molar-refractivity contribution in [3.05, 3.63) is 42.5 Å². The van der Waals surface area contributed by atoms with E-state index < -0.39 is 16.1 Å². The predicted octanol–water partition coefficient (Wildman–Crippen LogP) is 1.72. The van der Waals surface area contributed by atoms with E-state index in [2.05, 4.69) is 5.32 Å². The fraction of sp³-hybridized carbons (Fsp3) is 0.391. The van der Waals surface area contributed by atoms with Crippen LogP contribution < -0.4 is 19.5 Å². The first-order chi connectivity index (χ1) is 16.3. The highest BCUT2D eigenvalue weighted by atomic mass is 32.2. The number of ether oxygens (including phenoxy) is 3. The van der Waals surface area contributed by atoms with Gasteiger partial charge in [0.25, 0.3) is 11.8 Å². The summed E-state index contributed by atoms with van der Waals surface area (Å²) in [5, 5.41) is 2.71. The molecular formula is C23H27N3O7S. The third-order valence-electron chi connectivity index (χ3n) is 5.79. The normalized spacial score (nSPS) is 18.5.